The van der Waals surface area contributed by atoms with Crippen molar-refractivity contribution in [1.82, 2.24) is 9.66 Å². The maximum atomic E-state index is 13.7. The molecule has 1 amide bonds. The summed E-state index contributed by atoms with van der Waals surface area (Å²) in [6, 6.07) is 25.3. The highest BCUT2D eigenvalue weighted by atomic mass is 19.1. The number of hydrogen-bond donors (Lipinski definition) is 1. The van der Waals surface area contributed by atoms with Crippen LogP contribution in [0.3, 0.4) is 0 Å². The van der Waals surface area contributed by atoms with Crippen molar-refractivity contribution in [1.29, 1.82) is 0 Å². The second-order valence-electron chi connectivity index (χ2n) is 10.0. The zero-order valence-corrected chi connectivity index (χ0v) is 24.2. The molecule has 0 unspecified atom stereocenters. The van der Waals surface area contributed by atoms with Crippen LogP contribution in [0.4, 0.5) is 10.1 Å². The zero-order valence-electron chi connectivity index (χ0n) is 24.2. The first-order valence-electron chi connectivity index (χ1n) is 14.0. The molecule has 6 aromatic rings. The smallest absolute Gasteiger partial charge is 0.282 e. The number of benzene rings is 4. The van der Waals surface area contributed by atoms with Gasteiger partial charge in [-0.3, -0.25) is 9.59 Å². The van der Waals surface area contributed by atoms with Crippen molar-refractivity contribution in [2.75, 3.05) is 19.0 Å². The van der Waals surface area contributed by atoms with E-state index in [1.54, 1.807) is 36.4 Å². The molecule has 45 heavy (non-hydrogen) atoms. The number of carbonyl (C=O) groups excluding carboxylic acids is 1. The number of aromatic nitrogens is 2. The van der Waals surface area contributed by atoms with E-state index in [1.807, 2.05) is 36.4 Å². The van der Waals surface area contributed by atoms with Gasteiger partial charge < -0.3 is 19.2 Å². The number of methoxy groups -OCH3 is 1. The number of ether oxygens (including phenoxy) is 2. The third-order valence-corrected chi connectivity index (χ3v) is 6.94. The van der Waals surface area contributed by atoms with Gasteiger partial charge in [-0.25, -0.2) is 9.37 Å². The van der Waals surface area contributed by atoms with E-state index >= 15 is 0 Å². The van der Waals surface area contributed by atoms with Crippen molar-refractivity contribution in [3.63, 3.8) is 0 Å². The highest BCUT2D eigenvalue weighted by Crippen LogP contribution is 2.33. The van der Waals surface area contributed by atoms with Crippen LogP contribution in [0.25, 0.3) is 33.5 Å². The van der Waals surface area contributed by atoms with Gasteiger partial charge in [-0.05, 0) is 72.6 Å². The summed E-state index contributed by atoms with van der Waals surface area (Å²) < 4.78 is 32.0. The van der Waals surface area contributed by atoms with E-state index in [4.69, 9.17) is 18.9 Å². The van der Waals surface area contributed by atoms with Crippen LogP contribution in [0.15, 0.2) is 118 Å². The van der Waals surface area contributed by atoms with Gasteiger partial charge in [-0.2, -0.15) is 9.78 Å². The number of hydrogen-bond acceptors (Lipinski definition) is 7. The van der Waals surface area contributed by atoms with Gasteiger partial charge >= 0.3 is 0 Å². The Hall–Kier alpha value is -6.03. The van der Waals surface area contributed by atoms with Crippen molar-refractivity contribution in [2.24, 2.45) is 5.10 Å². The van der Waals surface area contributed by atoms with Gasteiger partial charge in [-0.1, -0.05) is 36.4 Å². The largest absolute Gasteiger partial charge is 0.493 e. The standard InChI is InChI=1S/C35H27FN4O5/c1-3-8-24-17-22(18-30(43-2)33(24)44-21-32(41)38-26-15-13-25(36)14-16-26)20-37-40-34(31-19-23-9-4-7-12-29(23)45-31)39-28-11-6-5-10-27(28)35(40)42/h3-7,9-20H,1,8,21H2,2H3,(H,38,41). The molecule has 0 spiro atoms. The maximum absolute atomic E-state index is 13.7. The second-order valence-corrected chi connectivity index (χ2v) is 10.0. The molecule has 0 fully saturated rings. The average molecular weight is 603 g/mol. The third kappa shape index (κ3) is 6.21. The monoisotopic (exact) mass is 602 g/mol. The Labute approximate surface area is 256 Å². The second kappa shape index (κ2) is 12.7. The quantitative estimate of drug-likeness (QED) is 0.140. The minimum Gasteiger partial charge on any atom is -0.493 e. The fraction of sp³-hybridized carbons (Fsp3) is 0.0857. The number of carbonyl (C=O) groups is 1. The Morgan fingerprint density at radius 2 is 1.84 bits per heavy atom. The first kappa shape index (κ1) is 29.1. The van der Waals surface area contributed by atoms with E-state index in [9.17, 15) is 14.0 Å². The number of rotatable bonds is 10. The van der Waals surface area contributed by atoms with Crippen LogP contribution in [-0.2, 0) is 11.2 Å². The molecule has 4 aromatic carbocycles. The van der Waals surface area contributed by atoms with E-state index in [0.717, 1.165) is 5.39 Å². The Balaban J connectivity index is 1.34. The summed E-state index contributed by atoms with van der Waals surface area (Å²) >= 11 is 0. The molecular formula is C35H27FN4O5. The van der Waals surface area contributed by atoms with Crippen LogP contribution < -0.4 is 20.3 Å². The zero-order chi connectivity index (χ0) is 31.3. The fourth-order valence-electron chi connectivity index (χ4n) is 4.86. The number of nitrogens with one attached hydrogen (secondary N) is 1. The summed E-state index contributed by atoms with van der Waals surface area (Å²) in [5.41, 5.74) is 2.53. The Morgan fingerprint density at radius 1 is 1.07 bits per heavy atom. The van der Waals surface area contributed by atoms with Gasteiger partial charge in [0.1, 0.15) is 11.4 Å². The predicted octanol–water partition coefficient (Wildman–Crippen LogP) is 6.59. The first-order valence-corrected chi connectivity index (χ1v) is 14.0. The fourth-order valence-corrected chi connectivity index (χ4v) is 4.86. The topological polar surface area (TPSA) is 108 Å². The Kier molecular flexibility index (Phi) is 8.19. The van der Waals surface area contributed by atoms with E-state index < -0.39 is 11.7 Å². The molecule has 6 rings (SSSR count). The van der Waals surface area contributed by atoms with Crippen molar-refractivity contribution in [2.45, 2.75) is 6.42 Å². The summed E-state index contributed by atoms with van der Waals surface area (Å²) in [5, 5.41) is 8.49. The molecular weight excluding hydrogens is 575 g/mol. The lowest BCUT2D eigenvalue weighted by Gasteiger charge is -2.16. The van der Waals surface area contributed by atoms with Crippen LogP contribution in [-0.4, -0.2) is 35.5 Å². The molecule has 2 heterocycles. The number of anilines is 1. The maximum Gasteiger partial charge on any atom is 0.282 e. The molecule has 1 N–H and O–H groups in total. The SMILES string of the molecule is C=CCc1cc(C=Nn2c(-c3cc4ccccc4o3)nc3ccccc3c2=O)cc(OC)c1OCC(=O)Nc1ccc(F)cc1. The van der Waals surface area contributed by atoms with Gasteiger partial charge in [0.05, 0.1) is 24.2 Å². The number of allylic oxidation sites excluding steroid dienone is 1. The van der Waals surface area contributed by atoms with Crippen LogP contribution in [0, 0.1) is 5.82 Å². The number of amides is 1. The van der Waals surface area contributed by atoms with Gasteiger partial charge in [0.2, 0.25) is 5.82 Å². The van der Waals surface area contributed by atoms with Crippen molar-refractivity contribution in [3.05, 3.63) is 131 Å². The highest BCUT2D eigenvalue weighted by molar-refractivity contribution is 5.92. The minimum atomic E-state index is -0.430. The Morgan fingerprint density at radius 3 is 2.62 bits per heavy atom. The lowest BCUT2D eigenvalue weighted by Crippen LogP contribution is -2.21. The highest BCUT2D eigenvalue weighted by Gasteiger charge is 2.18. The summed E-state index contributed by atoms with van der Waals surface area (Å²) in [6.07, 6.45) is 3.61. The summed E-state index contributed by atoms with van der Waals surface area (Å²) in [7, 11) is 1.48. The molecule has 9 nitrogen and oxygen atoms in total. The van der Waals surface area contributed by atoms with Crippen LogP contribution in [0.2, 0.25) is 0 Å². The molecule has 0 atom stereocenters. The minimum absolute atomic E-state index is 0.247. The summed E-state index contributed by atoms with van der Waals surface area (Å²) in [5.74, 6) is 0.517. The number of furan rings is 1. The molecule has 2 aromatic heterocycles. The molecule has 0 saturated heterocycles. The van der Waals surface area contributed by atoms with E-state index in [2.05, 4.69) is 17.0 Å². The normalized spacial score (nSPS) is 11.2. The molecule has 0 saturated carbocycles. The van der Waals surface area contributed by atoms with Gasteiger partial charge in [0.15, 0.2) is 23.9 Å². The van der Waals surface area contributed by atoms with Crippen LogP contribution in [0.1, 0.15) is 11.1 Å². The molecule has 0 bridgehead atoms. The first-order chi connectivity index (χ1) is 21.9. The molecule has 224 valence electrons. The summed E-state index contributed by atoms with van der Waals surface area (Å²) in [6.45, 7) is 3.52. The van der Waals surface area contributed by atoms with Crippen LogP contribution >= 0.6 is 0 Å². The number of fused-ring (bicyclic) bond motifs is 2. The van der Waals surface area contributed by atoms with Crippen molar-refractivity contribution >= 4 is 39.7 Å². The van der Waals surface area contributed by atoms with Crippen LogP contribution in [0.5, 0.6) is 11.5 Å². The number of para-hydroxylation sites is 2. The lowest BCUT2D eigenvalue weighted by atomic mass is 10.1. The van der Waals surface area contributed by atoms with Crippen molar-refractivity contribution in [3.8, 4) is 23.1 Å². The predicted molar refractivity (Wildman–Crippen MR) is 172 cm³/mol. The molecule has 0 aliphatic heterocycles. The van der Waals surface area contributed by atoms with E-state index in [1.165, 1.54) is 42.3 Å². The van der Waals surface area contributed by atoms with Gasteiger partial charge in [0, 0.05) is 16.6 Å². The van der Waals surface area contributed by atoms with E-state index in [-0.39, 0.29) is 18.0 Å². The number of halogens is 1. The molecule has 0 aliphatic rings. The third-order valence-electron chi connectivity index (χ3n) is 6.94. The van der Waals surface area contributed by atoms with Gasteiger partial charge in [-0.15, -0.1) is 6.58 Å². The average Bonchev–Trinajstić information content (AvgIpc) is 3.49. The summed E-state index contributed by atoms with van der Waals surface area (Å²) in [4.78, 5) is 30.9. The number of nitrogens with zero attached hydrogens (tertiary/aromatic N) is 3. The van der Waals surface area contributed by atoms with Gasteiger partial charge in [0.25, 0.3) is 11.5 Å². The molecule has 0 radical (unpaired) electrons. The molecule has 10 heteroatoms. The molecule has 0 aliphatic carbocycles. The Bertz CT molecular complexity index is 2100. The lowest BCUT2D eigenvalue weighted by molar-refractivity contribution is -0.118. The van der Waals surface area contributed by atoms with E-state index in [0.29, 0.717) is 57.0 Å². The van der Waals surface area contributed by atoms with Crippen molar-refractivity contribution < 1.29 is 23.1 Å².